The molecule has 2 N–H and O–H groups in total. The van der Waals surface area contributed by atoms with E-state index >= 15 is 0 Å². The minimum Gasteiger partial charge on any atom is -0.395 e. The molecule has 3 nitrogen and oxygen atoms in total. The van der Waals surface area contributed by atoms with Gasteiger partial charge in [-0.05, 0) is 32.2 Å². The zero-order valence-electron chi connectivity index (χ0n) is 12.1. The topological polar surface area (TPSA) is 33.3 Å². The van der Waals surface area contributed by atoms with E-state index < -0.39 is 8.64 Å². The van der Waals surface area contributed by atoms with Crippen molar-refractivity contribution in [2.45, 2.75) is 82.8 Å². The Hall–Kier alpha value is 0.0969. The van der Waals surface area contributed by atoms with Crippen LogP contribution in [0.3, 0.4) is 0 Å². The number of nitrogens with one attached hydrogen (secondary N) is 2. The molecule has 0 heterocycles. The van der Waals surface area contributed by atoms with Crippen molar-refractivity contribution in [3.05, 3.63) is 0 Å². The Bertz CT molecular complexity index is 218. The van der Waals surface area contributed by atoms with E-state index in [1.807, 2.05) is 7.11 Å². The van der Waals surface area contributed by atoms with E-state index in [1.54, 1.807) is 0 Å². The molecule has 0 aliphatic heterocycles. The summed E-state index contributed by atoms with van der Waals surface area (Å²) in [6.07, 6.45) is 13.7. The number of rotatable bonds is 5. The Kier molecular flexibility index (Phi) is 5.67. The van der Waals surface area contributed by atoms with Crippen LogP contribution in [0, 0.1) is 0 Å². The van der Waals surface area contributed by atoms with E-state index in [0.29, 0.717) is 12.1 Å². The van der Waals surface area contributed by atoms with Crippen LogP contribution in [0.1, 0.15) is 64.2 Å². The highest BCUT2D eigenvalue weighted by atomic mass is 28.4. The standard InChI is InChI=1S/C14H30N2OSi/c1-17-18(2,15-13-9-5-3-6-10-13)16-14-11-7-4-8-12-14/h13-16H,3-12H2,1-2H3. The molecule has 2 rings (SSSR count). The second kappa shape index (κ2) is 7.03. The first-order valence-electron chi connectivity index (χ1n) is 7.82. The van der Waals surface area contributed by atoms with Crippen molar-refractivity contribution in [2.24, 2.45) is 0 Å². The van der Waals surface area contributed by atoms with Crippen LogP contribution in [0.15, 0.2) is 0 Å². The summed E-state index contributed by atoms with van der Waals surface area (Å²) in [7, 11) is -0.0253. The van der Waals surface area contributed by atoms with Gasteiger partial charge in [0.2, 0.25) is 0 Å². The second-order valence-corrected chi connectivity index (χ2v) is 9.25. The summed E-state index contributed by atoms with van der Waals surface area (Å²) in [5, 5.41) is 0. The fourth-order valence-corrected chi connectivity index (χ4v) is 5.89. The van der Waals surface area contributed by atoms with E-state index in [9.17, 15) is 0 Å². The molecule has 0 bridgehead atoms. The summed E-state index contributed by atoms with van der Waals surface area (Å²) in [4.78, 5) is 7.67. The van der Waals surface area contributed by atoms with E-state index in [0.717, 1.165) is 0 Å². The highest BCUT2D eigenvalue weighted by Crippen LogP contribution is 2.21. The molecule has 0 aromatic carbocycles. The summed E-state index contributed by atoms with van der Waals surface area (Å²) in [6, 6.07) is 1.37. The zero-order valence-corrected chi connectivity index (χ0v) is 13.1. The molecule has 2 fully saturated rings. The largest absolute Gasteiger partial charge is 0.395 e. The molecule has 106 valence electrons. The minimum atomic E-state index is -1.90. The number of hydrogen-bond acceptors (Lipinski definition) is 3. The van der Waals surface area contributed by atoms with Gasteiger partial charge in [-0.3, -0.25) is 0 Å². The third kappa shape index (κ3) is 4.33. The summed E-state index contributed by atoms with van der Waals surface area (Å²) >= 11 is 0. The Morgan fingerprint density at radius 2 is 1.17 bits per heavy atom. The molecule has 0 atom stereocenters. The second-order valence-electron chi connectivity index (χ2n) is 6.20. The van der Waals surface area contributed by atoms with Gasteiger partial charge in [-0.25, -0.2) is 0 Å². The molecule has 0 saturated heterocycles. The minimum absolute atomic E-state index is 0.687. The third-order valence-corrected chi connectivity index (χ3v) is 7.31. The first-order valence-corrected chi connectivity index (χ1v) is 10.2. The molecule has 18 heavy (non-hydrogen) atoms. The van der Waals surface area contributed by atoms with Gasteiger partial charge in [0, 0.05) is 19.2 Å². The van der Waals surface area contributed by atoms with Gasteiger partial charge in [0.25, 0.3) is 0 Å². The van der Waals surface area contributed by atoms with E-state index in [2.05, 4.69) is 16.5 Å². The van der Waals surface area contributed by atoms with Crippen LogP contribution >= 0.6 is 0 Å². The van der Waals surface area contributed by atoms with E-state index in [-0.39, 0.29) is 0 Å². The van der Waals surface area contributed by atoms with Gasteiger partial charge in [0.15, 0.2) is 0 Å². The van der Waals surface area contributed by atoms with Crippen LogP contribution in [0.5, 0.6) is 0 Å². The molecule has 2 aliphatic rings. The summed E-state index contributed by atoms with van der Waals surface area (Å²) in [5.41, 5.74) is 0. The average Bonchev–Trinajstić information content (AvgIpc) is 2.41. The molecule has 2 saturated carbocycles. The molecule has 0 spiro atoms. The summed E-state index contributed by atoms with van der Waals surface area (Å²) < 4.78 is 5.86. The quantitative estimate of drug-likeness (QED) is 0.753. The van der Waals surface area contributed by atoms with Crippen molar-refractivity contribution in [1.29, 1.82) is 0 Å². The van der Waals surface area contributed by atoms with Crippen molar-refractivity contribution < 1.29 is 4.43 Å². The van der Waals surface area contributed by atoms with E-state index in [4.69, 9.17) is 4.43 Å². The van der Waals surface area contributed by atoms with Crippen molar-refractivity contribution in [3.63, 3.8) is 0 Å². The van der Waals surface area contributed by atoms with Gasteiger partial charge in [0.1, 0.15) is 0 Å². The monoisotopic (exact) mass is 270 g/mol. The molecule has 4 heteroatoms. The Morgan fingerprint density at radius 3 is 1.50 bits per heavy atom. The van der Waals surface area contributed by atoms with Gasteiger partial charge >= 0.3 is 8.64 Å². The Balaban J connectivity index is 1.83. The van der Waals surface area contributed by atoms with Crippen molar-refractivity contribution in [1.82, 2.24) is 9.96 Å². The smallest absolute Gasteiger partial charge is 0.348 e. The molecule has 0 aromatic heterocycles. The van der Waals surface area contributed by atoms with Gasteiger partial charge in [-0.15, -0.1) is 0 Å². The van der Waals surface area contributed by atoms with Crippen molar-refractivity contribution in [3.8, 4) is 0 Å². The molecule has 0 unspecified atom stereocenters. The fourth-order valence-electron chi connectivity index (χ4n) is 3.43. The molecule has 0 radical (unpaired) electrons. The van der Waals surface area contributed by atoms with Gasteiger partial charge < -0.3 is 14.4 Å². The van der Waals surface area contributed by atoms with Crippen LogP contribution in [0.25, 0.3) is 0 Å². The normalized spacial score (nSPS) is 24.3. The molecule has 2 aliphatic carbocycles. The molecule has 0 aromatic rings. The van der Waals surface area contributed by atoms with Crippen LogP contribution < -0.4 is 9.96 Å². The van der Waals surface area contributed by atoms with Gasteiger partial charge in [-0.2, -0.15) is 0 Å². The molecule has 0 amide bonds. The average molecular weight is 270 g/mol. The summed E-state index contributed by atoms with van der Waals surface area (Å²) in [5.74, 6) is 0. The Labute approximate surface area is 113 Å². The zero-order chi connectivity index (χ0) is 12.8. The van der Waals surface area contributed by atoms with E-state index in [1.165, 1.54) is 64.2 Å². The van der Waals surface area contributed by atoms with Crippen molar-refractivity contribution >= 4 is 8.64 Å². The van der Waals surface area contributed by atoms with Crippen LogP contribution in [0.4, 0.5) is 0 Å². The molecular formula is C14H30N2OSi. The molecular weight excluding hydrogens is 240 g/mol. The SMILES string of the molecule is CO[Si](C)(NC1CCCCC1)NC1CCCCC1. The maximum atomic E-state index is 5.86. The lowest BCUT2D eigenvalue weighted by molar-refractivity contribution is 0.311. The van der Waals surface area contributed by atoms with Crippen molar-refractivity contribution in [2.75, 3.05) is 7.11 Å². The maximum Gasteiger partial charge on any atom is 0.348 e. The van der Waals surface area contributed by atoms with Crippen LogP contribution in [-0.4, -0.2) is 27.8 Å². The predicted molar refractivity (Wildman–Crippen MR) is 78.6 cm³/mol. The number of hydrogen-bond donors (Lipinski definition) is 2. The van der Waals surface area contributed by atoms with Gasteiger partial charge in [0.05, 0.1) is 0 Å². The van der Waals surface area contributed by atoms with Gasteiger partial charge in [-0.1, -0.05) is 38.5 Å². The third-order valence-electron chi connectivity index (χ3n) is 4.58. The van der Waals surface area contributed by atoms with Crippen LogP contribution in [0.2, 0.25) is 6.55 Å². The maximum absolute atomic E-state index is 5.86. The first-order chi connectivity index (χ1) is 8.72. The van der Waals surface area contributed by atoms with Crippen LogP contribution in [-0.2, 0) is 4.43 Å². The summed E-state index contributed by atoms with van der Waals surface area (Å²) in [6.45, 7) is 2.29. The lowest BCUT2D eigenvalue weighted by Crippen LogP contribution is -2.67. The highest BCUT2D eigenvalue weighted by Gasteiger charge is 2.34. The fraction of sp³-hybridized carbons (Fsp3) is 1.00. The Morgan fingerprint density at radius 1 is 0.778 bits per heavy atom. The predicted octanol–water partition coefficient (Wildman–Crippen LogP) is 3.05. The first kappa shape index (κ1) is 14.5. The lowest BCUT2D eigenvalue weighted by atomic mass is 9.96. The lowest BCUT2D eigenvalue weighted by Gasteiger charge is -2.37. The highest BCUT2D eigenvalue weighted by molar-refractivity contribution is 6.67.